The van der Waals surface area contributed by atoms with Crippen LogP contribution in [0, 0.1) is 23.5 Å². The van der Waals surface area contributed by atoms with E-state index in [-0.39, 0.29) is 0 Å². The van der Waals surface area contributed by atoms with Crippen molar-refractivity contribution in [3.8, 4) is 0 Å². The highest BCUT2D eigenvalue weighted by Gasteiger charge is 2.20. The average molecular weight is 282 g/mol. The molecule has 0 unspecified atom stereocenters. The van der Waals surface area contributed by atoms with Crippen molar-refractivity contribution in [2.75, 3.05) is 0 Å². The maximum absolute atomic E-state index is 13.1. The van der Waals surface area contributed by atoms with Gasteiger partial charge in [0.1, 0.15) is 11.6 Å². The summed E-state index contributed by atoms with van der Waals surface area (Å²) in [4.78, 5) is 0. The first-order valence-electron chi connectivity index (χ1n) is 7.62. The third-order valence-electron chi connectivity index (χ3n) is 4.43. The quantitative estimate of drug-likeness (QED) is 0.721. The molecule has 0 aliphatic heterocycles. The summed E-state index contributed by atoms with van der Waals surface area (Å²) in [6, 6.07) is 5.23. The van der Waals surface area contributed by atoms with Gasteiger partial charge in [-0.3, -0.25) is 0 Å². The Balaban J connectivity index is 1.77. The van der Waals surface area contributed by atoms with E-state index in [9.17, 15) is 8.78 Å². The molecule has 0 heterocycles. The van der Waals surface area contributed by atoms with Gasteiger partial charge in [0.05, 0.1) is 9.52 Å². The highest BCUT2D eigenvalue weighted by molar-refractivity contribution is 6.53. The molecule has 0 N–H and O–H groups in total. The molecule has 19 heavy (non-hydrogen) atoms. The van der Waals surface area contributed by atoms with Crippen LogP contribution in [0.5, 0.6) is 0 Å². The minimum absolute atomic E-state index is 0.422. The highest BCUT2D eigenvalue weighted by atomic mass is 28.2. The van der Waals surface area contributed by atoms with Crippen LogP contribution < -0.4 is 5.19 Å². The molecule has 1 aliphatic rings. The first-order valence-corrected chi connectivity index (χ1v) is 9.33. The van der Waals surface area contributed by atoms with Crippen molar-refractivity contribution >= 4 is 14.7 Å². The number of hydrogen-bond acceptors (Lipinski definition) is 0. The van der Waals surface area contributed by atoms with Gasteiger partial charge in [-0.25, -0.2) is 8.78 Å². The van der Waals surface area contributed by atoms with Crippen LogP contribution in [0.3, 0.4) is 0 Å². The smallest absolute Gasteiger partial charge is 0.125 e. The molecule has 0 nitrogen and oxygen atoms in total. The van der Waals surface area contributed by atoms with Crippen molar-refractivity contribution in [3.05, 3.63) is 29.8 Å². The third-order valence-corrected chi connectivity index (χ3v) is 6.52. The Morgan fingerprint density at radius 1 is 1.00 bits per heavy atom. The number of hydrogen-bond donors (Lipinski definition) is 0. The van der Waals surface area contributed by atoms with Gasteiger partial charge in [-0.1, -0.05) is 56.7 Å². The molecular weight excluding hydrogens is 258 g/mol. The average Bonchev–Trinajstić information content (AvgIpc) is 2.37. The van der Waals surface area contributed by atoms with E-state index >= 15 is 0 Å². The van der Waals surface area contributed by atoms with E-state index < -0.39 is 21.2 Å². The molecule has 0 spiro atoms. The minimum Gasteiger partial charge on any atom is -0.207 e. The van der Waals surface area contributed by atoms with E-state index in [1.54, 1.807) is 0 Å². The number of halogens is 2. The second-order valence-electron chi connectivity index (χ2n) is 5.99. The van der Waals surface area contributed by atoms with Crippen LogP contribution in [0.4, 0.5) is 8.78 Å². The van der Waals surface area contributed by atoms with Gasteiger partial charge in [0, 0.05) is 6.07 Å². The maximum atomic E-state index is 13.1. The lowest BCUT2D eigenvalue weighted by Crippen LogP contribution is -2.21. The van der Waals surface area contributed by atoms with E-state index in [0.717, 1.165) is 23.1 Å². The van der Waals surface area contributed by atoms with Gasteiger partial charge in [-0.2, -0.15) is 0 Å². The van der Waals surface area contributed by atoms with Crippen LogP contribution in [0.1, 0.15) is 45.4 Å². The monoisotopic (exact) mass is 282 g/mol. The second kappa shape index (κ2) is 7.18. The molecule has 1 aliphatic carbocycles. The summed E-state index contributed by atoms with van der Waals surface area (Å²) in [7, 11) is -0.507. The Kier molecular flexibility index (Phi) is 5.55. The molecular formula is C16H24F2Si. The van der Waals surface area contributed by atoms with Gasteiger partial charge < -0.3 is 0 Å². The van der Waals surface area contributed by atoms with Crippen molar-refractivity contribution in [2.45, 2.75) is 51.5 Å². The lowest BCUT2D eigenvalue weighted by molar-refractivity contribution is 0.276. The lowest BCUT2D eigenvalue weighted by atomic mass is 9.81. The Hall–Kier alpha value is -0.703. The van der Waals surface area contributed by atoms with Crippen LogP contribution in [0.15, 0.2) is 18.2 Å². The van der Waals surface area contributed by atoms with E-state index in [4.69, 9.17) is 0 Å². The third kappa shape index (κ3) is 4.72. The summed E-state index contributed by atoms with van der Waals surface area (Å²) < 4.78 is 26.2. The zero-order chi connectivity index (χ0) is 13.7. The molecule has 1 saturated carbocycles. The van der Waals surface area contributed by atoms with Crippen molar-refractivity contribution in [2.24, 2.45) is 11.8 Å². The van der Waals surface area contributed by atoms with Crippen LogP contribution in [-0.4, -0.2) is 9.52 Å². The lowest BCUT2D eigenvalue weighted by Gasteiger charge is -2.28. The fourth-order valence-corrected chi connectivity index (χ4v) is 5.34. The summed E-state index contributed by atoms with van der Waals surface area (Å²) >= 11 is 0. The summed E-state index contributed by atoms with van der Waals surface area (Å²) in [5.41, 5.74) is 0. The Morgan fingerprint density at radius 3 is 2.16 bits per heavy atom. The zero-order valence-corrected chi connectivity index (χ0v) is 13.2. The fourth-order valence-electron chi connectivity index (χ4n) is 3.34. The van der Waals surface area contributed by atoms with Gasteiger partial charge in [-0.15, -0.1) is 0 Å². The molecule has 1 aromatic carbocycles. The molecule has 3 heteroatoms. The van der Waals surface area contributed by atoms with Crippen LogP contribution >= 0.6 is 0 Å². The van der Waals surface area contributed by atoms with E-state index in [0.29, 0.717) is 0 Å². The first kappa shape index (κ1) is 14.7. The molecule has 0 aromatic heterocycles. The predicted octanol–water partition coefficient (Wildman–Crippen LogP) is 3.78. The molecule has 0 atom stereocenters. The minimum atomic E-state index is -0.507. The van der Waals surface area contributed by atoms with Gasteiger partial charge in [0.25, 0.3) is 0 Å². The molecule has 1 fully saturated rings. The SMILES string of the molecule is CCC[C@H]1CC[C@H](C[SiH2]c2cc(F)cc(F)c2)CC1. The van der Waals surface area contributed by atoms with Crippen molar-refractivity contribution < 1.29 is 8.78 Å². The molecule has 1 aromatic rings. The Bertz CT molecular complexity index is 377. The summed E-state index contributed by atoms with van der Waals surface area (Å²) in [5, 5.41) is 0.938. The largest absolute Gasteiger partial charge is 0.207 e. The van der Waals surface area contributed by atoms with Crippen molar-refractivity contribution in [1.29, 1.82) is 0 Å². The first-order chi connectivity index (χ1) is 9.17. The van der Waals surface area contributed by atoms with E-state index in [1.165, 1.54) is 56.7 Å². The molecule has 106 valence electrons. The van der Waals surface area contributed by atoms with Crippen LogP contribution in [0.2, 0.25) is 6.04 Å². The normalized spacial score (nSPS) is 24.2. The summed E-state index contributed by atoms with van der Waals surface area (Å²) in [6.07, 6.45) is 8.06. The second-order valence-corrected chi connectivity index (χ2v) is 7.89. The van der Waals surface area contributed by atoms with Gasteiger partial charge in [-0.05, 0) is 24.0 Å². The Morgan fingerprint density at radius 2 is 1.58 bits per heavy atom. The Labute approximate surface area is 117 Å². The van der Waals surface area contributed by atoms with Crippen LogP contribution in [-0.2, 0) is 0 Å². The molecule has 0 radical (unpaired) electrons. The zero-order valence-electron chi connectivity index (χ0n) is 11.8. The van der Waals surface area contributed by atoms with Gasteiger partial charge in [0.2, 0.25) is 0 Å². The topological polar surface area (TPSA) is 0 Å². The van der Waals surface area contributed by atoms with E-state index in [2.05, 4.69) is 6.92 Å². The number of benzene rings is 1. The van der Waals surface area contributed by atoms with Crippen LogP contribution in [0.25, 0.3) is 0 Å². The highest BCUT2D eigenvalue weighted by Crippen LogP contribution is 2.33. The standard InChI is InChI=1S/C16H24F2Si/c1-2-3-12-4-6-13(7-5-12)11-19-16-9-14(17)8-15(18)10-16/h8-10,12-13H,2-7,11,19H2,1H3/t12-,13-. The van der Waals surface area contributed by atoms with Crippen molar-refractivity contribution in [1.82, 2.24) is 0 Å². The van der Waals surface area contributed by atoms with E-state index in [1.807, 2.05) is 0 Å². The molecule has 2 rings (SSSR count). The van der Waals surface area contributed by atoms with Gasteiger partial charge in [0.15, 0.2) is 0 Å². The van der Waals surface area contributed by atoms with Crippen molar-refractivity contribution in [3.63, 3.8) is 0 Å². The predicted molar refractivity (Wildman–Crippen MR) is 79.7 cm³/mol. The summed E-state index contributed by atoms with van der Waals surface area (Å²) in [6.45, 7) is 2.26. The van der Waals surface area contributed by atoms with Gasteiger partial charge >= 0.3 is 0 Å². The fraction of sp³-hybridized carbons (Fsp3) is 0.625. The molecule has 0 bridgehead atoms. The number of rotatable bonds is 5. The molecule has 0 amide bonds. The maximum Gasteiger partial charge on any atom is 0.125 e. The summed E-state index contributed by atoms with van der Waals surface area (Å²) in [5.74, 6) is 0.906. The molecule has 0 saturated heterocycles.